The molecule has 0 saturated carbocycles. The first-order valence-corrected chi connectivity index (χ1v) is 4.92. The number of hydrogen-bond acceptors (Lipinski definition) is 3. The molecule has 0 aliphatic rings. The highest BCUT2D eigenvalue weighted by Crippen LogP contribution is 1.98. The maximum atomic E-state index is 11.3. The molecule has 1 amide bonds. The Labute approximate surface area is 89.1 Å². The number of amides is 1. The number of carbonyl (C=O) groups is 1. The summed E-state index contributed by atoms with van der Waals surface area (Å²) in [5.74, 6) is -0.0641. The van der Waals surface area contributed by atoms with Crippen LogP contribution in [0.5, 0.6) is 0 Å². The molecule has 1 aromatic heterocycles. The Kier molecular flexibility index (Phi) is 3.85. The molecule has 0 aliphatic carbocycles. The van der Waals surface area contributed by atoms with Crippen LogP contribution in [-0.2, 0) is 11.3 Å². The van der Waals surface area contributed by atoms with Crippen molar-refractivity contribution in [2.45, 2.75) is 32.4 Å². The first-order valence-electron chi connectivity index (χ1n) is 4.92. The van der Waals surface area contributed by atoms with E-state index in [0.29, 0.717) is 13.0 Å². The fourth-order valence-electron chi connectivity index (χ4n) is 1.05. The molecule has 1 heterocycles. The number of aliphatic hydroxyl groups is 1. The van der Waals surface area contributed by atoms with E-state index in [1.165, 1.54) is 0 Å². The van der Waals surface area contributed by atoms with Crippen LogP contribution in [0, 0.1) is 0 Å². The number of aryl methyl sites for hydroxylation is 1. The van der Waals surface area contributed by atoms with Gasteiger partial charge in [-0.15, -0.1) is 0 Å². The first-order chi connectivity index (χ1) is 6.97. The van der Waals surface area contributed by atoms with Crippen LogP contribution in [0.2, 0.25) is 0 Å². The number of imidazole rings is 1. The van der Waals surface area contributed by atoms with Crippen molar-refractivity contribution in [2.75, 3.05) is 6.54 Å². The third-order valence-electron chi connectivity index (χ3n) is 1.87. The van der Waals surface area contributed by atoms with Gasteiger partial charge in [0.15, 0.2) is 0 Å². The molecule has 0 spiro atoms. The van der Waals surface area contributed by atoms with Gasteiger partial charge in [-0.05, 0) is 13.8 Å². The topological polar surface area (TPSA) is 67.2 Å². The van der Waals surface area contributed by atoms with E-state index >= 15 is 0 Å². The zero-order chi connectivity index (χ0) is 11.3. The zero-order valence-electron chi connectivity index (χ0n) is 9.10. The summed E-state index contributed by atoms with van der Waals surface area (Å²) in [6.07, 6.45) is 5.55. The minimum absolute atomic E-state index is 0.0641. The van der Waals surface area contributed by atoms with Gasteiger partial charge in [-0.1, -0.05) is 0 Å². The minimum Gasteiger partial charge on any atom is -0.389 e. The first kappa shape index (κ1) is 11.7. The predicted octanol–water partition coefficient (Wildman–Crippen LogP) is 0.160. The van der Waals surface area contributed by atoms with Crippen LogP contribution in [0.25, 0.3) is 0 Å². The zero-order valence-corrected chi connectivity index (χ0v) is 9.10. The average Bonchev–Trinajstić information content (AvgIpc) is 2.62. The van der Waals surface area contributed by atoms with E-state index in [4.69, 9.17) is 0 Å². The summed E-state index contributed by atoms with van der Waals surface area (Å²) in [4.78, 5) is 15.2. The van der Waals surface area contributed by atoms with E-state index in [1.54, 1.807) is 26.4 Å². The van der Waals surface area contributed by atoms with E-state index < -0.39 is 5.60 Å². The molecule has 84 valence electrons. The summed E-state index contributed by atoms with van der Waals surface area (Å²) in [5, 5.41) is 12.1. The molecule has 0 saturated heterocycles. The molecule has 0 aromatic carbocycles. The third kappa shape index (κ3) is 5.17. The van der Waals surface area contributed by atoms with Crippen molar-refractivity contribution in [3.8, 4) is 0 Å². The lowest BCUT2D eigenvalue weighted by Crippen LogP contribution is -2.38. The summed E-state index contributed by atoms with van der Waals surface area (Å²) in [5.41, 5.74) is -0.856. The van der Waals surface area contributed by atoms with Crippen molar-refractivity contribution in [3.63, 3.8) is 0 Å². The van der Waals surface area contributed by atoms with Gasteiger partial charge < -0.3 is 15.0 Å². The molecule has 15 heavy (non-hydrogen) atoms. The van der Waals surface area contributed by atoms with Gasteiger partial charge in [0.25, 0.3) is 0 Å². The van der Waals surface area contributed by atoms with Crippen molar-refractivity contribution >= 4 is 5.91 Å². The quantitative estimate of drug-likeness (QED) is 0.729. The minimum atomic E-state index is -0.856. The summed E-state index contributed by atoms with van der Waals surface area (Å²) >= 11 is 0. The van der Waals surface area contributed by atoms with Crippen LogP contribution in [0.15, 0.2) is 18.7 Å². The van der Waals surface area contributed by atoms with Crippen LogP contribution in [0.4, 0.5) is 0 Å². The molecular weight excluding hydrogens is 194 g/mol. The van der Waals surface area contributed by atoms with Gasteiger partial charge in [0, 0.05) is 31.9 Å². The maximum absolute atomic E-state index is 11.3. The fraction of sp³-hybridized carbons (Fsp3) is 0.600. The number of aromatic nitrogens is 2. The van der Waals surface area contributed by atoms with Crippen LogP contribution >= 0.6 is 0 Å². The second-order valence-corrected chi connectivity index (χ2v) is 4.14. The average molecular weight is 211 g/mol. The standard InChI is InChI=1S/C10H17N3O2/c1-10(2,15)7-12-9(14)3-5-13-6-4-11-8-13/h4,6,8,15H,3,5,7H2,1-2H3,(H,12,14). The fourth-order valence-corrected chi connectivity index (χ4v) is 1.05. The molecule has 0 bridgehead atoms. The van der Waals surface area contributed by atoms with Gasteiger partial charge in [-0.25, -0.2) is 4.98 Å². The lowest BCUT2D eigenvalue weighted by molar-refractivity contribution is -0.122. The Balaban J connectivity index is 2.20. The number of carbonyl (C=O) groups excluding carboxylic acids is 1. The van der Waals surface area contributed by atoms with Crippen LogP contribution in [-0.4, -0.2) is 32.7 Å². The monoisotopic (exact) mass is 211 g/mol. The Morgan fingerprint density at radius 2 is 2.33 bits per heavy atom. The van der Waals surface area contributed by atoms with Crippen molar-refractivity contribution in [3.05, 3.63) is 18.7 Å². The summed E-state index contributed by atoms with van der Waals surface area (Å²) < 4.78 is 1.84. The molecule has 1 rings (SSSR count). The molecule has 1 aromatic rings. The Bertz CT molecular complexity index is 301. The lowest BCUT2D eigenvalue weighted by atomic mass is 10.1. The van der Waals surface area contributed by atoms with Crippen molar-refractivity contribution < 1.29 is 9.90 Å². The van der Waals surface area contributed by atoms with Crippen molar-refractivity contribution in [1.29, 1.82) is 0 Å². The second-order valence-electron chi connectivity index (χ2n) is 4.14. The van der Waals surface area contributed by atoms with Crippen molar-refractivity contribution in [1.82, 2.24) is 14.9 Å². The van der Waals surface area contributed by atoms with E-state index in [2.05, 4.69) is 10.3 Å². The lowest BCUT2D eigenvalue weighted by Gasteiger charge is -2.17. The normalized spacial score (nSPS) is 11.4. The molecule has 0 aliphatic heterocycles. The van der Waals surface area contributed by atoms with Gasteiger partial charge in [-0.3, -0.25) is 4.79 Å². The highest BCUT2D eigenvalue weighted by Gasteiger charge is 2.13. The van der Waals surface area contributed by atoms with E-state index in [0.717, 1.165) is 0 Å². The predicted molar refractivity (Wildman–Crippen MR) is 56.2 cm³/mol. The highest BCUT2D eigenvalue weighted by atomic mass is 16.3. The van der Waals surface area contributed by atoms with E-state index in [9.17, 15) is 9.90 Å². The molecule has 0 unspecified atom stereocenters. The summed E-state index contributed by atoms with van der Waals surface area (Å²) in [7, 11) is 0. The SMILES string of the molecule is CC(C)(O)CNC(=O)CCn1ccnc1. The van der Waals surface area contributed by atoms with Crippen LogP contribution in [0.3, 0.4) is 0 Å². The van der Waals surface area contributed by atoms with E-state index in [1.807, 2.05) is 10.8 Å². The maximum Gasteiger partial charge on any atom is 0.221 e. The molecule has 0 atom stereocenters. The van der Waals surface area contributed by atoms with Crippen molar-refractivity contribution in [2.24, 2.45) is 0 Å². The molecule has 5 nitrogen and oxygen atoms in total. The Morgan fingerprint density at radius 3 is 2.87 bits per heavy atom. The summed E-state index contributed by atoms with van der Waals surface area (Å²) in [6.45, 7) is 4.19. The Hall–Kier alpha value is -1.36. The van der Waals surface area contributed by atoms with E-state index in [-0.39, 0.29) is 12.5 Å². The number of nitrogens with one attached hydrogen (secondary N) is 1. The molecule has 2 N–H and O–H groups in total. The smallest absolute Gasteiger partial charge is 0.221 e. The summed E-state index contributed by atoms with van der Waals surface area (Å²) in [6, 6.07) is 0. The molecule has 5 heteroatoms. The third-order valence-corrected chi connectivity index (χ3v) is 1.87. The highest BCUT2D eigenvalue weighted by molar-refractivity contribution is 5.75. The van der Waals surface area contributed by atoms with Gasteiger partial charge in [-0.2, -0.15) is 0 Å². The number of hydrogen-bond donors (Lipinski definition) is 2. The molecular formula is C10H17N3O2. The largest absolute Gasteiger partial charge is 0.389 e. The van der Waals surface area contributed by atoms with Crippen LogP contribution in [0.1, 0.15) is 20.3 Å². The van der Waals surface area contributed by atoms with Gasteiger partial charge in [0.1, 0.15) is 0 Å². The van der Waals surface area contributed by atoms with Gasteiger partial charge in [0.2, 0.25) is 5.91 Å². The molecule has 0 radical (unpaired) electrons. The number of rotatable bonds is 5. The van der Waals surface area contributed by atoms with Gasteiger partial charge >= 0.3 is 0 Å². The number of nitrogens with zero attached hydrogens (tertiary/aromatic N) is 2. The molecule has 0 fully saturated rings. The Morgan fingerprint density at radius 1 is 1.60 bits per heavy atom. The van der Waals surface area contributed by atoms with Gasteiger partial charge in [0.05, 0.1) is 11.9 Å². The second kappa shape index (κ2) is 4.93. The van der Waals surface area contributed by atoms with Crippen LogP contribution < -0.4 is 5.32 Å².